The van der Waals surface area contributed by atoms with E-state index in [2.05, 4.69) is 5.32 Å². The van der Waals surface area contributed by atoms with Crippen molar-refractivity contribution in [3.63, 3.8) is 0 Å². The Bertz CT molecular complexity index is 575. The van der Waals surface area contributed by atoms with Crippen LogP contribution in [0, 0.1) is 0 Å². The average molecular weight is 325 g/mol. The van der Waals surface area contributed by atoms with Crippen molar-refractivity contribution in [2.24, 2.45) is 0 Å². The molecule has 0 radical (unpaired) electrons. The fourth-order valence-corrected chi connectivity index (χ4v) is 2.66. The number of anilines is 1. The molecule has 6 heteroatoms. The molecule has 2 rings (SSSR count). The van der Waals surface area contributed by atoms with E-state index in [1.165, 1.54) is 0 Å². The van der Waals surface area contributed by atoms with E-state index in [-0.39, 0.29) is 6.03 Å². The van der Waals surface area contributed by atoms with Gasteiger partial charge in [0.25, 0.3) is 0 Å². The molecule has 0 bridgehead atoms. The van der Waals surface area contributed by atoms with Gasteiger partial charge in [0.1, 0.15) is 0 Å². The molecule has 112 valence electrons. The second-order valence-corrected chi connectivity index (χ2v) is 5.64. The van der Waals surface area contributed by atoms with Gasteiger partial charge in [-0.05, 0) is 34.5 Å². The first kappa shape index (κ1) is 15.8. The van der Waals surface area contributed by atoms with Gasteiger partial charge in [-0.3, -0.25) is 0 Å². The lowest BCUT2D eigenvalue weighted by molar-refractivity contribution is 0.153. The van der Waals surface area contributed by atoms with Gasteiger partial charge in [-0.2, -0.15) is 11.3 Å². The molecule has 4 nitrogen and oxygen atoms in total. The quantitative estimate of drug-likeness (QED) is 0.869. The number of carbonyl (C=O) groups is 1. The van der Waals surface area contributed by atoms with Gasteiger partial charge in [0.05, 0.1) is 17.3 Å². The molecule has 1 heterocycles. The number of rotatable bonds is 6. The minimum absolute atomic E-state index is 0.189. The summed E-state index contributed by atoms with van der Waals surface area (Å²) in [6.45, 7) is 1.55. The van der Waals surface area contributed by atoms with Crippen molar-refractivity contribution in [3.05, 3.63) is 51.7 Å². The zero-order valence-electron chi connectivity index (χ0n) is 11.7. The van der Waals surface area contributed by atoms with Gasteiger partial charge < -0.3 is 15.0 Å². The molecule has 0 atom stereocenters. The molecule has 1 N–H and O–H groups in total. The maximum Gasteiger partial charge on any atom is 0.322 e. The topological polar surface area (TPSA) is 41.6 Å². The Morgan fingerprint density at radius 1 is 1.38 bits per heavy atom. The van der Waals surface area contributed by atoms with Crippen molar-refractivity contribution in [2.75, 3.05) is 25.6 Å². The van der Waals surface area contributed by atoms with Crippen LogP contribution in [0.5, 0.6) is 0 Å². The number of nitrogens with zero attached hydrogens (tertiary/aromatic N) is 1. The third-order valence-electron chi connectivity index (χ3n) is 2.92. The van der Waals surface area contributed by atoms with Crippen molar-refractivity contribution in [2.45, 2.75) is 6.54 Å². The summed E-state index contributed by atoms with van der Waals surface area (Å²) in [5, 5.41) is 7.38. The monoisotopic (exact) mass is 324 g/mol. The molecular formula is C15H17ClN2O2S. The van der Waals surface area contributed by atoms with Gasteiger partial charge in [-0.15, -0.1) is 0 Å². The summed E-state index contributed by atoms with van der Waals surface area (Å²) in [7, 11) is 1.62. The smallest absolute Gasteiger partial charge is 0.322 e. The van der Waals surface area contributed by atoms with Crippen LogP contribution in [0.2, 0.25) is 5.02 Å². The van der Waals surface area contributed by atoms with Gasteiger partial charge in [0, 0.05) is 20.2 Å². The number of benzene rings is 1. The fourth-order valence-electron chi connectivity index (χ4n) is 1.81. The number of thiophene rings is 1. The van der Waals surface area contributed by atoms with Gasteiger partial charge in [0.2, 0.25) is 0 Å². The number of nitrogens with one attached hydrogen (secondary N) is 1. The fraction of sp³-hybridized carbons (Fsp3) is 0.267. The normalized spacial score (nSPS) is 10.4. The van der Waals surface area contributed by atoms with Gasteiger partial charge >= 0.3 is 6.03 Å². The summed E-state index contributed by atoms with van der Waals surface area (Å²) >= 11 is 7.68. The van der Waals surface area contributed by atoms with E-state index < -0.39 is 0 Å². The molecule has 1 aromatic carbocycles. The van der Waals surface area contributed by atoms with Gasteiger partial charge in [-0.1, -0.05) is 23.7 Å². The number of para-hydroxylation sites is 1. The van der Waals surface area contributed by atoms with E-state index in [1.807, 2.05) is 29.0 Å². The highest BCUT2D eigenvalue weighted by Gasteiger charge is 2.15. The van der Waals surface area contributed by atoms with Crippen molar-refractivity contribution < 1.29 is 9.53 Å². The molecule has 1 aromatic heterocycles. The van der Waals surface area contributed by atoms with Crippen LogP contribution in [0.3, 0.4) is 0 Å². The van der Waals surface area contributed by atoms with Crippen LogP contribution in [-0.2, 0) is 11.3 Å². The lowest BCUT2D eigenvalue weighted by Gasteiger charge is -2.22. The molecule has 0 aliphatic carbocycles. The molecule has 0 fully saturated rings. The van der Waals surface area contributed by atoms with Crippen LogP contribution in [0.4, 0.5) is 10.5 Å². The number of amides is 2. The van der Waals surface area contributed by atoms with Gasteiger partial charge in [-0.25, -0.2) is 4.79 Å². The number of methoxy groups -OCH3 is 1. The first-order valence-corrected chi connectivity index (χ1v) is 7.83. The average Bonchev–Trinajstić information content (AvgIpc) is 2.98. The number of ether oxygens (including phenoxy) is 1. The first-order valence-electron chi connectivity index (χ1n) is 6.51. The molecule has 0 saturated heterocycles. The Kier molecular flexibility index (Phi) is 6.04. The zero-order valence-corrected chi connectivity index (χ0v) is 13.3. The maximum atomic E-state index is 12.4. The molecule has 0 spiro atoms. The molecule has 2 amide bonds. The summed E-state index contributed by atoms with van der Waals surface area (Å²) < 4.78 is 5.07. The Morgan fingerprint density at radius 2 is 2.19 bits per heavy atom. The molecule has 0 saturated carbocycles. The summed E-state index contributed by atoms with van der Waals surface area (Å²) in [5.74, 6) is 0. The lowest BCUT2D eigenvalue weighted by atomic mass is 10.3. The Balaban J connectivity index is 2.05. The van der Waals surface area contributed by atoms with Crippen molar-refractivity contribution in [1.82, 2.24) is 4.90 Å². The lowest BCUT2D eigenvalue weighted by Crippen LogP contribution is -2.36. The summed E-state index contributed by atoms with van der Waals surface area (Å²) in [6, 6.07) is 9.00. The maximum absolute atomic E-state index is 12.4. The molecule has 0 aliphatic rings. The van der Waals surface area contributed by atoms with Crippen LogP contribution in [0.1, 0.15) is 5.56 Å². The zero-order chi connectivity index (χ0) is 15.1. The second-order valence-electron chi connectivity index (χ2n) is 4.46. The van der Waals surface area contributed by atoms with E-state index in [0.29, 0.717) is 30.4 Å². The summed E-state index contributed by atoms with van der Waals surface area (Å²) in [4.78, 5) is 14.1. The van der Waals surface area contributed by atoms with Crippen LogP contribution >= 0.6 is 22.9 Å². The molecular weight excluding hydrogens is 308 g/mol. The third-order valence-corrected chi connectivity index (χ3v) is 3.98. The van der Waals surface area contributed by atoms with E-state index in [9.17, 15) is 4.79 Å². The highest BCUT2D eigenvalue weighted by molar-refractivity contribution is 7.07. The number of carbonyl (C=O) groups excluding carboxylic acids is 1. The van der Waals surface area contributed by atoms with Gasteiger partial charge in [0.15, 0.2) is 0 Å². The molecule has 0 unspecified atom stereocenters. The number of hydrogen-bond donors (Lipinski definition) is 1. The SMILES string of the molecule is COCCN(Cc1ccsc1)C(=O)Nc1ccccc1Cl. The second kappa shape index (κ2) is 8.02. The van der Waals surface area contributed by atoms with E-state index >= 15 is 0 Å². The minimum atomic E-state index is -0.189. The predicted molar refractivity (Wildman–Crippen MR) is 87.1 cm³/mol. The Morgan fingerprint density at radius 3 is 2.86 bits per heavy atom. The number of urea groups is 1. The molecule has 21 heavy (non-hydrogen) atoms. The van der Waals surface area contributed by atoms with Crippen molar-refractivity contribution in [3.8, 4) is 0 Å². The van der Waals surface area contributed by atoms with Crippen LogP contribution in [0.15, 0.2) is 41.1 Å². The Hall–Kier alpha value is -1.56. The Labute approximate surface area is 133 Å². The predicted octanol–water partition coefficient (Wildman–Crippen LogP) is 4.08. The van der Waals surface area contributed by atoms with E-state index in [0.717, 1.165) is 5.56 Å². The molecule has 2 aromatic rings. The van der Waals surface area contributed by atoms with Crippen LogP contribution in [0.25, 0.3) is 0 Å². The number of halogens is 1. The van der Waals surface area contributed by atoms with Crippen molar-refractivity contribution >= 4 is 34.7 Å². The highest BCUT2D eigenvalue weighted by Crippen LogP contribution is 2.21. The molecule has 0 aliphatic heterocycles. The summed E-state index contributed by atoms with van der Waals surface area (Å²) in [5.41, 5.74) is 1.71. The van der Waals surface area contributed by atoms with E-state index in [1.54, 1.807) is 35.5 Å². The minimum Gasteiger partial charge on any atom is -0.383 e. The van der Waals surface area contributed by atoms with Crippen LogP contribution in [-0.4, -0.2) is 31.2 Å². The largest absolute Gasteiger partial charge is 0.383 e. The van der Waals surface area contributed by atoms with Crippen LogP contribution < -0.4 is 5.32 Å². The summed E-state index contributed by atoms with van der Waals surface area (Å²) in [6.07, 6.45) is 0. The third kappa shape index (κ3) is 4.74. The standard InChI is InChI=1S/C15H17ClN2O2S/c1-20-8-7-18(10-12-6-9-21-11-12)15(19)17-14-5-3-2-4-13(14)16/h2-6,9,11H,7-8,10H2,1H3,(H,17,19). The first-order chi connectivity index (χ1) is 10.2. The highest BCUT2D eigenvalue weighted by atomic mass is 35.5. The number of hydrogen-bond acceptors (Lipinski definition) is 3. The van der Waals surface area contributed by atoms with E-state index in [4.69, 9.17) is 16.3 Å². The van der Waals surface area contributed by atoms with Crippen molar-refractivity contribution in [1.29, 1.82) is 0 Å².